The molecule has 0 aliphatic carbocycles. The third-order valence-electron chi connectivity index (χ3n) is 20.6. The van der Waals surface area contributed by atoms with Crippen LogP contribution in [0.4, 0.5) is 0 Å². The van der Waals surface area contributed by atoms with E-state index in [0.717, 1.165) is 206 Å². The summed E-state index contributed by atoms with van der Waals surface area (Å²) in [6, 6.07) is -1.19. The normalized spacial score (nSPS) is 14.3. The highest BCUT2D eigenvalue weighted by Crippen LogP contribution is 2.17. The van der Waals surface area contributed by atoms with E-state index in [1.807, 2.05) is 0 Å². The zero-order valence-corrected chi connectivity index (χ0v) is 71.5. The third-order valence-corrected chi connectivity index (χ3v) is 20.6. The molecule has 2 amide bonds. The van der Waals surface area contributed by atoms with E-state index in [0.29, 0.717) is 78.0 Å². The number of hydrogen-bond acceptors (Lipinski definition) is 12. The lowest BCUT2D eigenvalue weighted by molar-refractivity contribution is -0.145. The number of hydrogen-bond donors (Lipinski definition) is 2. The molecule has 2 unspecified atom stereocenters. The fourth-order valence-corrected chi connectivity index (χ4v) is 13.6. The van der Waals surface area contributed by atoms with Gasteiger partial charge in [-0.2, -0.15) is 0 Å². The zero-order valence-electron chi connectivity index (χ0n) is 71.5. The number of carbonyl (C=O) groups excluding carboxylic acids is 6. The van der Waals surface area contributed by atoms with Crippen LogP contribution in [-0.2, 0) is 47.7 Å². The summed E-state index contributed by atoms with van der Waals surface area (Å²) in [6.07, 6.45) is 95.7. The van der Waals surface area contributed by atoms with E-state index < -0.39 is 12.1 Å². The van der Waals surface area contributed by atoms with Crippen LogP contribution in [0.3, 0.4) is 0 Å². The van der Waals surface area contributed by atoms with Crippen molar-refractivity contribution in [2.75, 3.05) is 65.7 Å². The molecule has 1 fully saturated rings. The zero-order chi connectivity index (χ0) is 79.4. The first-order valence-electron chi connectivity index (χ1n) is 46.0. The Morgan fingerprint density at radius 2 is 0.473 bits per heavy atom. The molecule has 0 saturated carbocycles. The SMILES string of the molecule is CCCCC/C=C\C/C=C\CCCCCCCC(=O)OCCCCN(CCCCC1NC(=O)C(CCCCN(CCCCOC(=O)CCCCCCC/C=C\C/C=C\CCCCC)CCOC(=O)CCCCCCC/C=C\C/C=C\CCCCC)NC1=O)CCOC(=O)CCCCCCC/C=C\C/C=C\CCCCC. The maximum Gasteiger partial charge on any atom is 0.305 e. The van der Waals surface area contributed by atoms with Gasteiger partial charge in [0, 0.05) is 38.8 Å². The largest absolute Gasteiger partial charge is 0.466 e. The number of esters is 4. The van der Waals surface area contributed by atoms with Crippen LogP contribution < -0.4 is 10.6 Å². The van der Waals surface area contributed by atoms with Crippen molar-refractivity contribution in [1.29, 1.82) is 0 Å². The van der Waals surface area contributed by atoms with Crippen molar-refractivity contribution < 1.29 is 47.7 Å². The molecule has 0 aromatic carbocycles. The van der Waals surface area contributed by atoms with Crippen LogP contribution in [0.25, 0.3) is 0 Å². The van der Waals surface area contributed by atoms with E-state index in [1.165, 1.54) is 154 Å². The average molecular weight is 1540 g/mol. The predicted molar refractivity (Wildman–Crippen MR) is 464 cm³/mol. The van der Waals surface area contributed by atoms with Gasteiger partial charge in [-0.05, 0) is 244 Å². The predicted octanol–water partition coefficient (Wildman–Crippen LogP) is 24.9. The smallest absolute Gasteiger partial charge is 0.305 e. The number of unbranched alkanes of at least 4 members (excludes halogenated alkanes) is 36. The molecule has 1 heterocycles. The van der Waals surface area contributed by atoms with Gasteiger partial charge in [0.2, 0.25) is 11.8 Å². The van der Waals surface area contributed by atoms with Crippen LogP contribution in [0.5, 0.6) is 0 Å². The molecule has 110 heavy (non-hydrogen) atoms. The molecule has 1 aliphatic rings. The Labute approximate surface area is 675 Å². The lowest BCUT2D eigenvalue weighted by Crippen LogP contribution is -2.61. The van der Waals surface area contributed by atoms with Crippen molar-refractivity contribution in [2.24, 2.45) is 0 Å². The number of allylic oxidation sites excluding steroid dienone is 16. The summed E-state index contributed by atoms with van der Waals surface area (Å²) in [5.41, 5.74) is 0. The molecular weight excluding hydrogens is 1370 g/mol. The minimum absolute atomic E-state index is 0.126. The number of piperazine rings is 1. The van der Waals surface area contributed by atoms with E-state index in [1.54, 1.807) is 0 Å². The maximum absolute atomic E-state index is 13.5. The van der Waals surface area contributed by atoms with Gasteiger partial charge in [-0.25, -0.2) is 0 Å². The van der Waals surface area contributed by atoms with Crippen molar-refractivity contribution in [1.82, 2.24) is 20.4 Å². The first kappa shape index (κ1) is 103. The van der Waals surface area contributed by atoms with Crippen molar-refractivity contribution in [3.8, 4) is 0 Å². The summed E-state index contributed by atoms with van der Waals surface area (Å²) >= 11 is 0. The number of carbonyl (C=O) groups is 6. The second kappa shape index (κ2) is 83.1. The van der Waals surface area contributed by atoms with Gasteiger partial charge in [-0.1, -0.05) is 253 Å². The first-order chi connectivity index (χ1) is 54.1. The molecule has 0 aromatic rings. The van der Waals surface area contributed by atoms with Gasteiger partial charge in [-0.15, -0.1) is 0 Å². The Morgan fingerprint density at radius 1 is 0.255 bits per heavy atom. The van der Waals surface area contributed by atoms with Crippen LogP contribution in [0.1, 0.15) is 400 Å². The molecule has 1 aliphatic heterocycles. The number of ether oxygens (including phenoxy) is 4. The summed E-state index contributed by atoms with van der Waals surface area (Å²) in [4.78, 5) is 82.6. The van der Waals surface area contributed by atoms with E-state index >= 15 is 0 Å². The van der Waals surface area contributed by atoms with Crippen LogP contribution >= 0.6 is 0 Å². The number of amides is 2. The molecule has 14 heteroatoms. The molecule has 0 spiro atoms. The second-order valence-corrected chi connectivity index (χ2v) is 31.0. The lowest BCUT2D eigenvalue weighted by Gasteiger charge is -2.30. The van der Waals surface area contributed by atoms with Crippen LogP contribution in [0.2, 0.25) is 0 Å². The monoisotopic (exact) mass is 1540 g/mol. The average Bonchev–Trinajstić information content (AvgIpc) is 0.847. The van der Waals surface area contributed by atoms with Gasteiger partial charge in [0.05, 0.1) is 13.2 Å². The topological polar surface area (TPSA) is 170 Å². The fourth-order valence-electron chi connectivity index (χ4n) is 13.6. The van der Waals surface area contributed by atoms with Gasteiger partial charge in [0.15, 0.2) is 0 Å². The molecule has 0 bridgehead atoms. The summed E-state index contributed by atoms with van der Waals surface area (Å²) in [6.45, 7) is 14.6. The van der Waals surface area contributed by atoms with Crippen molar-refractivity contribution >= 4 is 35.7 Å². The van der Waals surface area contributed by atoms with E-state index in [2.05, 4.69) is 145 Å². The Morgan fingerprint density at radius 3 is 0.727 bits per heavy atom. The van der Waals surface area contributed by atoms with Gasteiger partial charge in [0.25, 0.3) is 0 Å². The standard InChI is InChI=1S/C96H168N4O10/c1-5-9-13-17-21-25-29-33-37-41-45-49-53-57-61-75-91(101)107-85-71-69-81-99(83-87-109-93(103)77-63-59-55-51-47-43-39-35-31-27-23-19-15-11-7-3)79-67-65-73-89-95(105)98-90(96(106)97-89)74-66-68-80-100(84-88-110-94(104)78-64-60-56-52-48-44-40-36-32-28-24-20-16-12-8-4)82-70-72-86-108-92(102)76-62-58-54-50-46-42-38-34-30-26-22-18-14-10-6-2/h21-28,33-40,89-90H,5-20,29-32,41-88H2,1-4H3,(H,97,106)(H,98,105)/b25-21-,26-22-,27-23-,28-24-,37-33-,38-34-,39-35-,40-36-. The number of nitrogens with one attached hydrogen (secondary N) is 2. The Balaban J connectivity index is 2.67. The summed E-state index contributed by atoms with van der Waals surface area (Å²) in [5, 5.41) is 6.07. The Kier molecular flexibility index (Phi) is 77.6. The summed E-state index contributed by atoms with van der Waals surface area (Å²) in [5.74, 6) is -0.858. The van der Waals surface area contributed by atoms with Crippen LogP contribution in [-0.4, -0.2) is 123 Å². The highest BCUT2D eigenvalue weighted by atomic mass is 16.5. The molecule has 2 atom stereocenters. The van der Waals surface area contributed by atoms with Gasteiger partial charge < -0.3 is 29.6 Å². The first-order valence-corrected chi connectivity index (χ1v) is 46.0. The summed E-state index contributed by atoms with van der Waals surface area (Å²) < 4.78 is 22.8. The minimum Gasteiger partial charge on any atom is -0.466 e. The number of nitrogens with zero attached hydrogens (tertiary/aromatic N) is 2. The quantitative estimate of drug-likeness (QED) is 0.0256. The highest BCUT2D eigenvalue weighted by Gasteiger charge is 2.33. The molecule has 2 N–H and O–H groups in total. The van der Waals surface area contributed by atoms with E-state index in [9.17, 15) is 28.8 Å². The highest BCUT2D eigenvalue weighted by molar-refractivity contribution is 5.96. The minimum atomic E-state index is -0.597. The number of rotatable bonds is 82. The molecule has 1 rings (SSSR count). The molecule has 1 saturated heterocycles. The molecule has 0 aromatic heterocycles. The Hall–Kier alpha value is -5.34. The Bertz CT molecular complexity index is 2230. The maximum atomic E-state index is 13.5. The van der Waals surface area contributed by atoms with Gasteiger partial charge in [-0.3, -0.25) is 38.6 Å². The third kappa shape index (κ3) is 72.9. The van der Waals surface area contributed by atoms with Crippen molar-refractivity contribution in [2.45, 2.75) is 412 Å². The lowest BCUT2D eigenvalue weighted by atomic mass is 10.0. The second-order valence-electron chi connectivity index (χ2n) is 31.0. The molecule has 632 valence electrons. The molecule has 0 radical (unpaired) electrons. The van der Waals surface area contributed by atoms with E-state index in [-0.39, 0.29) is 35.7 Å². The van der Waals surface area contributed by atoms with Crippen LogP contribution in [0.15, 0.2) is 97.2 Å². The van der Waals surface area contributed by atoms with Crippen molar-refractivity contribution in [3.63, 3.8) is 0 Å². The van der Waals surface area contributed by atoms with Gasteiger partial charge >= 0.3 is 23.9 Å². The molecular formula is C96H168N4O10. The molecule has 14 nitrogen and oxygen atoms in total. The fraction of sp³-hybridized carbons (Fsp3) is 0.771. The van der Waals surface area contributed by atoms with E-state index in [4.69, 9.17) is 18.9 Å². The van der Waals surface area contributed by atoms with Crippen molar-refractivity contribution in [3.05, 3.63) is 97.2 Å². The summed E-state index contributed by atoms with van der Waals surface area (Å²) in [7, 11) is 0. The van der Waals surface area contributed by atoms with Gasteiger partial charge in [0.1, 0.15) is 25.3 Å². The van der Waals surface area contributed by atoms with Crippen LogP contribution in [0, 0.1) is 0 Å².